The first-order valence-electron chi connectivity index (χ1n) is 9.02. The van der Waals surface area contributed by atoms with Gasteiger partial charge in [-0.25, -0.2) is 4.39 Å². The molecule has 3 aromatic carbocycles. The summed E-state index contributed by atoms with van der Waals surface area (Å²) in [5.74, 6) is 1.10. The first-order valence-corrected chi connectivity index (χ1v) is 10.0. The van der Waals surface area contributed by atoms with E-state index in [0.717, 1.165) is 16.2 Å². The highest BCUT2D eigenvalue weighted by Crippen LogP contribution is 2.35. The molecule has 3 aromatic rings. The van der Waals surface area contributed by atoms with E-state index < -0.39 is 5.82 Å². The predicted molar refractivity (Wildman–Crippen MR) is 114 cm³/mol. The molecule has 0 spiro atoms. The minimum absolute atomic E-state index is 0.0574. The maximum atomic E-state index is 13.7. The van der Waals surface area contributed by atoms with Crippen molar-refractivity contribution in [2.24, 2.45) is 0 Å². The van der Waals surface area contributed by atoms with Crippen molar-refractivity contribution in [1.82, 2.24) is 0 Å². The van der Waals surface area contributed by atoms with E-state index in [1.807, 2.05) is 36.4 Å². The number of carbonyl (C=O) groups is 1. The fraction of sp³-hybridized carbons (Fsp3) is 0.174. The van der Waals surface area contributed by atoms with Crippen molar-refractivity contribution in [3.05, 3.63) is 77.6 Å². The molecule has 0 fully saturated rings. The summed E-state index contributed by atoms with van der Waals surface area (Å²) in [5.41, 5.74) is 1.38. The average Bonchev–Trinajstić information content (AvgIpc) is 2.74. The third kappa shape index (κ3) is 5.12. The molecule has 0 aliphatic carbocycles. The average molecular weight is 412 g/mol. The molecule has 4 nitrogen and oxygen atoms in total. The van der Waals surface area contributed by atoms with Crippen LogP contribution in [0, 0.1) is 5.82 Å². The molecule has 29 heavy (non-hydrogen) atoms. The van der Waals surface area contributed by atoms with E-state index in [0.29, 0.717) is 29.4 Å². The van der Waals surface area contributed by atoms with E-state index in [1.54, 1.807) is 26.4 Å². The van der Waals surface area contributed by atoms with E-state index in [-0.39, 0.29) is 14.4 Å². The Balaban J connectivity index is 2.01. The number of methoxy groups -OCH3 is 2. The molecule has 0 aliphatic heterocycles. The lowest BCUT2D eigenvalue weighted by atomic mass is 10.1. The monoisotopic (exact) mass is 412 g/mol. The lowest BCUT2D eigenvalue weighted by Crippen LogP contribution is -2.15. The summed E-state index contributed by atoms with van der Waals surface area (Å²) in [7, 11) is 3.20. The van der Waals surface area contributed by atoms with Crippen LogP contribution >= 0.6 is 8.58 Å². The van der Waals surface area contributed by atoms with Crippen molar-refractivity contribution < 1.29 is 23.4 Å². The number of ether oxygens (including phenoxy) is 3. The van der Waals surface area contributed by atoms with Crippen molar-refractivity contribution in [2.75, 3.05) is 14.2 Å². The number of ketones is 1. The number of halogens is 1. The molecule has 0 N–H and O–H groups in total. The highest BCUT2D eigenvalue weighted by Gasteiger charge is 2.17. The van der Waals surface area contributed by atoms with Crippen molar-refractivity contribution in [3.63, 3.8) is 0 Å². The Kier molecular flexibility index (Phi) is 6.84. The summed E-state index contributed by atoms with van der Waals surface area (Å²) >= 11 is 0. The van der Waals surface area contributed by atoms with Crippen molar-refractivity contribution >= 4 is 25.0 Å². The second-order valence-electron chi connectivity index (χ2n) is 6.35. The Morgan fingerprint density at radius 3 is 2.38 bits per heavy atom. The van der Waals surface area contributed by atoms with Gasteiger partial charge in [-0.05, 0) is 36.0 Å². The number of hydrogen-bond acceptors (Lipinski definition) is 4. The SMILES string of the molecule is COc1cc(OC)c(OCc2ccccc2)c(Pc2ccc(F)cc2C(C)=O)c1. The van der Waals surface area contributed by atoms with Crippen molar-refractivity contribution in [2.45, 2.75) is 13.5 Å². The summed E-state index contributed by atoms with van der Waals surface area (Å²) in [5, 5.41) is 1.55. The van der Waals surface area contributed by atoms with E-state index in [1.165, 1.54) is 19.1 Å². The fourth-order valence-electron chi connectivity index (χ4n) is 2.88. The Labute approximate surface area is 171 Å². The Morgan fingerprint density at radius 1 is 0.966 bits per heavy atom. The van der Waals surface area contributed by atoms with Gasteiger partial charge >= 0.3 is 0 Å². The zero-order chi connectivity index (χ0) is 20.8. The largest absolute Gasteiger partial charge is 0.497 e. The highest BCUT2D eigenvalue weighted by molar-refractivity contribution is 7.56. The maximum absolute atomic E-state index is 13.7. The number of carbonyl (C=O) groups excluding carboxylic acids is 1. The van der Waals surface area contributed by atoms with E-state index in [9.17, 15) is 9.18 Å². The van der Waals surface area contributed by atoms with Crippen LogP contribution in [0.2, 0.25) is 0 Å². The van der Waals surface area contributed by atoms with Crippen LogP contribution in [-0.2, 0) is 6.61 Å². The smallest absolute Gasteiger partial charge is 0.169 e. The van der Waals surface area contributed by atoms with Gasteiger partial charge in [-0.1, -0.05) is 45.0 Å². The fourth-order valence-corrected chi connectivity index (χ4v) is 4.24. The Morgan fingerprint density at radius 2 is 1.72 bits per heavy atom. The van der Waals surface area contributed by atoms with Crippen LogP contribution in [0.25, 0.3) is 0 Å². The maximum Gasteiger partial charge on any atom is 0.169 e. The van der Waals surface area contributed by atoms with Gasteiger partial charge in [0.1, 0.15) is 18.2 Å². The zero-order valence-corrected chi connectivity index (χ0v) is 17.5. The predicted octanol–water partition coefficient (Wildman–Crippen LogP) is 4.25. The van der Waals surface area contributed by atoms with Gasteiger partial charge in [0.05, 0.1) is 14.2 Å². The normalized spacial score (nSPS) is 10.9. The third-order valence-electron chi connectivity index (χ3n) is 4.34. The first kappa shape index (κ1) is 20.8. The van der Waals surface area contributed by atoms with Gasteiger partial charge in [-0.2, -0.15) is 0 Å². The van der Waals surface area contributed by atoms with E-state index >= 15 is 0 Å². The first-order chi connectivity index (χ1) is 14.0. The van der Waals surface area contributed by atoms with Crippen molar-refractivity contribution in [3.8, 4) is 17.2 Å². The summed E-state index contributed by atoms with van der Waals surface area (Å²) in [6.45, 7) is 1.80. The van der Waals surface area contributed by atoms with Crippen LogP contribution in [0.15, 0.2) is 60.7 Å². The van der Waals surface area contributed by atoms with Crippen molar-refractivity contribution in [1.29, 1.82) is 0 Å². The number of benzene rings is 3. The van der Waals surface area contributed by atoms with Crippen LogP contribution < -0.4 is 24.8 Å². The molecular weight excluding hydrogens is 390 g/mol. The number of Topliss-reactive ketones (excluding diaryl/α,β-unsaturated/α-hetero) is 1. The van der Waals surface area contributed by atoms with Crippen LogP contribution in [0.3, 0.4) is 0 Å². The minimum atomic E-state index is -0.437. The molecular formula is C23H22FO4P. The van der Waals surface area contributed by atoms with Gasteiger partial charge in [-0.3, -0.25) is 4.79 Å². The van der Waals surface area contributed by atoms with Gasteiger partial charge in [0.25, 0.3) is 0 Å². The third-order valence-corrected chi connectivity index (χ3v) is 5.69. The molecule has 150 valence electrons. The molecule has 1 atom stereocenters. The van der Waals surface area contributed by atoms with Crippen LogP contribution in [0.4, 0.5) is 4.39 Å². The summed E-state index contributed by atoms with van der Waals surface area (Å²) in [4.78, 5) is 12.0. The highest BCUT2D eigenvalue weighted by atomic mass is 31.1. The summed E-state index contributed by atoms with van der Waals surface area (Å²) in [6.07, 6.45) is 0. The zero-order valence-electron chi connectivity index (χ0n) is 16.5. The molecule has 3 rings (SSSR count). The van der Waals surface area contributed by atoms with Gasteiger partial charge in [0.15, 0.2) is 17.3 Å². The van der Waals surface area contributed by atoms with Crippen LogP contribution in [0.1, 0.15) is 22.8 Å². The molecule has 0 amide bonds. The van der Waals surface area contributed by atoms with E-state index in [2.05, 4.69) is 0 Å². The number of hydrogen-bond donors (Lipinski definition) is 0. The lowest BCUT2D eigenvalue weighted by Gasteiger charge is -2.18. The van der Waals surface area contributed by atoms with Crippen LogP contribution in [-0.4, -0.2) is 20.0 Å². The standard InChI is InChI=1S/C23H22FO4P/c1-15(25)19-11-17(24)9-10-21(19)29-22-13-18(26-2)12-20(27-3)23(22)28-14-16-7-5-4-6-8-16/h4-13,29H,14H2,1-3H3. The molecule has 6 heteroatoms. The molecule has 0 heterocycles. The van der Waals surface area contributed by atoms with Gasteiger partial charge in [0.2, 0.25) is 0 Å². The summed E-state index contributed by atoms with van der Waals surface area (Å²) < 4.78 is 30.7. The van der Waals surface area contributed by atoms with Crippen LogP contribution in [0.5, 0.6) is 17.2 Å². The van der Waals surface area contributed by atoms with E-state index in [4.69, 9.17) is 14.2 Å². The quantitative estimate of drug-likeness (QED) is 0.410. The van der Waals surface area contributed by atoms with Gasteiger partial charge in [0, 0.05) is 16.9 Å². The van der Waals surface area contributed by atoms with Gasteiger partial charge in [-0.15, -0.1) is 0 Å². The Bertz CT molecular complexity index is 1010. The summed E-state index contributed by atoms with van der Waals surface area (Å²) in [6, 6.07) is 17.7. The molecule has 0 saturated carbocycles. The second-order valence-corrected chi connectivity index (χ2v) is 7.68. The number of rotatable bonds is 8. The minimum Gasteiger partial charge on any atom is -0.497 e. The topological polar surface area (TPSA) is 44.8 Å². The lowest BCUT2D eigenvalue weighted by molar-refractivity contribution is 0.101. The molecule has 0 aromatic heterocycles. The van der Waals surface area contributed by atoms with Gasteiger partial charge < -0.3 is 14.2 Å². The molecule has 0 saturated heterocycles. The molecule has 0 radical (unpaired) electrons. The molecule has 1 unspecified atom stereocenters. The Hall–Kier alpha value is -2.91. The second kappa shape index (κ2) is 9.53. The molecule has 0 bridgehead atoms. The molecule has 0 aliphatic rings.